The summed E-state index contributed by atoms with van der Waals surface area (Å²) in [6.07, 6.45) is 2.79. The van der Waals surface area contributed by atoms with Crippen LogP contribution < -0.4 is 10.1 Å². The van der Waals surface area contributed by atoms with E-state index < -0.39 is 0 Å². The first-order valence-corrected chi connectivity index (χ1v) is 7.23. The highest BCUT2D eigenvalue weighted by Gasteiger charge is 2.06. The summed E-state index contributed by atoms with van der Waals surface area (Å²) in [7, 11) is 0. The van der Waals surface area contributed by atoms with E-state index in [1.54, 1.807) is 25.3 Å². The van der Waals surface area contributed by atoms with E-state index in [1.165, 1.54) is 6.07 Å². The number of aryl methyl sites for hydroxylation is 1. The van der Waals surface area contributed by atoms with Crippen molar-refractivity contribution < 1.29 is 9.13 Å². The Morgan fingerprint density at radius 3 is 2.62 bits per heavy atom. The van der Waals surface area contributed by atoms with Gasteiger partial charge in [0.2, 0.25) is 0 Å². The van der Waals surface area contributed by atoms with Crippen LogP contribution in [0.2, 0.25) is 0 Å². The second-order valence-electron chi connectivity index (χ2n) is 5.11. The minimum absolute atomic E-state index is 0.215. The van der Waals surface area contributed by atoms with E-state index in [2.05, 4.69) is 24.1 Å². The molecule has 1 aromatic heterocycles. The molecule has 0 radical (unpaired) electrons. The number of nitrogens with zero attached hydrogens (tertiary/aromatic N) is 1. The molecule has 0 saturated carbocycles. The standard InChI is InChI=1S/C17H21FN2O/c1-4-9-19-13(3)17-8-6-15(11-20-17)21-14-5-7-16(18)12(2)10-14/h5-8,10-11,13,19H,4,9H2,1-3H3. The Balaban J connectivity index is 2.03. The van der Waals surface area contributed by atoms with Gasteiger partial charge in [-0.25, -0.2) is 4.39 Å². The van der Waals surface area contributed by atoms with Crippen molar-refractivity contribution in [1.29, 1.82) is 0 Å². The van der Waals surface area contributed by atoms with E-state index in [1.807, 2.05) is 12.1 Å². The molecule has 1 atom stereocenters. The summed E-state index contributed by atoms with van der Waals surface area (Å²) in [5.41, 5.74) is 1.54. The maximum atomic E-state index is 13.2. The van der Waals surface area contributed by atoms with Crippen LogP contribution in [-0.4, -0.2) is 11.5 Å². The van der Waals surface area contributed by atoms with Crippen LogP contribution in [0.25, 0.3) is 0 Å². The molecule has 0 bridgehead atoms. The predicted octanol–water partition coefficient (Wildman–Crippen LogP) is 4.38. The Labute approximate surface area is 125 Å². The Morgan fingerprint density at radius 1 is 1.24 bits per heavy atom. The molecule has 0 aliphatic carbocycles. The molecule has 3 nitrogen and oxygen atoms in total. The molecule has 4 heteroatoms. The number of rotatable bonds is 6. The first-order valence-electron chi connectivity index (χ1n) is 7.23. The number of benzene rings is 1. The monoisotopic (exact) mass is 288 g/mol. The molecule has 0 spiro atoms. The zero-order valence-corrected chi connectivity index (χ0v) is 12.7. The number of ether oxygens (including phenoxy) is 1. The van der Waals surface area contributed by atoms with Gasteiger partial charge in [0.1, 0.15) is 17.3 Å². The van der Waals surface area contributed by atoms with E-state index in [0.717, 1.165) is 18.7 Å². The van der Waals surface area contributed by atoms with Gasteiger partial charge in [-0.1, -0.05) is 6.92 Å². The summed E-state index contributed by atoms with van der Waals surface area (Å²) in [6.45, 7) is 6.90. The average molecular weight is 288 g/mol. The topological polar surface area (TPSA) is 34.1 Å². The summed E-state index contributed by atoms with van der Waals surface area (Å²) < 4.78 is 18.9. The molecule has 2 aromatic rings. The smallest absolute Gasteiger partial charge is 0.145 e. The van der Waals surface area contributed by atoms with Gasteiger partial charge in [0, 0.05) is 6.04 Å². The Bertz CT molecular complexity index is 584. The average Bonchev–Trinajstić information content (AvgIpc) is 2.49. The van der Waals surface area contributed by atoms with Crippen molar-refractivity contribution in [3.63, 3.8) is 0 Å². The molecule has 0 saturated heterocycles. The molecule has 21 heavy (non-hydrogen) atoms. The fraction of sp³-hybridized carbons (Fsp3) is 0.353. The number of hydrogen-bond acceptors (Lipinski definition) is 3. The normalized spacial score (nSPS) is 12.2. The van der Waals surface area contributed by atoms with E-state index in [9.17, 15) is 4.39 Å². The molecule has 0 amide bonds. The van der Waals surface area contributed by atoms with E-state index in [0.29, 0.717) is 17.1 Å². The Morgan fingerprint density at radius 2 is 2.00 bits per heavy atom. The summed E-state index contributed by atoms with van der Waals surface area (Å²) in [6, 6.07) is 8.73. The van der Waals surface area contributed by atoms with Gasteiger partial charge in [0.25, 0.3) is 0 Å². The predicted molar refractivity (Wildman–Crippen MR) is 82.2 cm³/mol. The van der Waals surface area contributed by atoms with E-state index in [-0.39, 0.29) is 11.9 Å². The molecule has 1 N–H and O–H groups in total. The number of pyridine rings is 1. The first kappa shape index (κ1) is 15.4. The zero-order valence-electron chi connectivity index (χ0n) is 12.7. The molecule has 1 unspecified atom stereocenters. The minimum Gasteiger partial charge on any atom is -0.456 e. The quantitative estimate of drug-likeness (QED) is 0.856. The van der Waals surface area contributed by atoms with Crippen LogP contribution in [0.1, 0.15) is 37.6 Å². The maximum absolute atomic E-state index is 13.2. The second kappa shape index (κ2) is 7.18. The summed E-state index contributed by atoms with van der Waals surface area (Å²) >= 11 is 0. The largest absolute Gasteiger partial charge is 0.456 e. The van der Waals surface area contributed by atoms with E-state index >= 15 is 0 Å². The first-order chi connectivity index (χ1) is 10.1. The third kappa shape index (κ3) is 4.26. The summed E-state index contributed by atoms with van der Waals surface area (Å²) in [5.74, 6) is 1.03. The second-order valence-corrected chi connectivity index (χ2v) is 5.11. The molecule has 112 valence electrons. The van der Waals surface area contributed by atoms with Crippen molar-refractivity contribution in [2.24, 2.45) is 0 Å². The van der Waals surface area contributed by atoms with Gasteiger partial charge < -0.3 is 10.1 Å². The minimum atomic E-state index is -0.230. The maximum Gasteiger partial charge on any atom is 0.145 e. The van der Waals surface area contributed by atoms with Crippen molar-refractivity contribution in [2.75, 3.05) is 6.54 Å². The highest BCUT2D eigenvalue weighted by molar-refractivity contribution is 5.33. The van der Waals surface area contributed by atoms with Crippen LogP contribution in [0.15, 0.2) is 36.5 Å². The highest BCUT2D eigenvalue weighted by Crippen LogP contribution is 2.23. The van der Waals surface area contributed by atoms with Gasteiger partial charge >= 0.3 is 0 Å². The summed E-state index contributed by atoms with van der Waals surface area (Å²) in [4.78, 5) is 4.41. The lowest BCUT2D eigenvalue weighted by atomic mass is 10.2. The Hall–Kier alpha value is -1.94. The Kier molecular flexibility index (Phi) is 5.28. The molecular weight excluding hydrogens is 267 g/mol. The van der Waals surface area contributed by atoms with Gasteiger partial charge in [0.15, 0.2) is 0 Å². The third-order valence-corrected chi connectivity index (χ3v) is 3.27. The molecule has 0 aliphatic heterocycles. The molecule has 0 aliphatic rings. The number of aromatic nitrogens is 1. The molecule has 1 heterocycles. The lowest BCUT2D eigenvalue weighted by Gasteiger charge is -2.13. The lowest BCUT2D eigenvalue weighted by molar-refractivity contribution is 0.475. The molecule has 2 rings (SSSR count). The number of hydrogen-bond donors (Lipinski definition) is 1. The van der Waals surface area contributed by atoms with Crippen LogP contribution in [0, 0.1) is 12.7 Å². The highest BCUT2D eigenvalue weighted by atomic mass is 19.1. The third-order valence-electron chi connectivity index (χ3n) is 3.27. The van der Waals surface area contributed by atoms with Crippen molar-refractivity contribution in [2.45, 2.75) is 33.2 Å². The van der Waals surface area contributed by atoms with Crippen LogP contribution in [0.4, 0.5) is 4.39 Å². The van der Waals surface area contributed by atoms with Crippen molar-refractivity contribution >= 4 is 0 Å². The van der Waals surface area contributed by atoms with Gasteiger partial charge in [-0.2, -0.15) is 0 Å². The molecule has 0 fully saturated rings. The van der Waals surface area contributed by atoms with Gasteiger partial charge in [-0.15, -0.1) is 0 Å². The fourth-order valence-electron chi connectivity index (χ4n) is 1.99. The van der Waals surface area contributed by atoms with Gasteiger partial charge in [0.05, 0.1) is 11.9 Å². The fourth-order valence-corrected chi connectivity index (χ4v) is 1.99. The SMILES string of the molecule is CCCNC(C)c1ccc(Oc2ccc(F)c(C)c2)cn1. The summed E-state index contributed by atoms with van der Waals surface area (Å²) in [5, 5.41) is 3.39. The number of nitrogens with one attached hydrogen (secondary N) is 1. The van der Waals surface area contributed by atoms with Gasteiger partial charge in [-0.05, 0) is 62.7 Å². The lowest BCUT2D eigenvalue weighted by Crippen LogP contribution is -2.20. The van der Waals surface area contributed by atoms with Crippen molar-refractivity contribution in [3.05, 3.63) is 53.6 Å². The van der Waals surface area contributed by atoms with Gasteiger partial charge in [-0.3, -0.25) is 4.98 Å². The molecule has 1 aromatic carbocycles. The van der Waals surface area contributed by atoms with E-state index in [4.69, 9.17) is 4.74 Å². The molecular formula is C17H21FN2O. The van der Waals surface area contributed by atoms with Crippen molar-refractivity contribution in [3.8, 4) is 11.5 Å². The van der Waals surface area contributed by atoms with Crippen LogP contribution >= 0.6 is 0 Å². The van der Waals surface area contributed by atoms with Crippen LogP contribution in [0.3, 0.4) is 0 Å². The zero-order chi connectivity index (χ0) is 15.2. The van der Waals surface area contributed by atoms with Crippen LogP contribution in [-0.2, 0) is 0 Å². The van der Waals surface area contributed by atoms with Crippen LogP contribution in [0.5, 0.6) is 11.5 Å². The number of halogens is 1. The van der Waals surface area contributed by atoms with Crippen molar-refractivity contribution in [1.82, 2.24) is 10.3 Å².